The molecular weight excluding hydrogens is 482 g/mol. The Bertz CT molecular complexity index is 1150. The summed E-state index contributed by atoms with van der Waals surface area (Å²) >= 11 is 0. The van der Waals surface area contributed by atoms with Gasteiger partial charge in [-0.2, -0.15) is 0 Å². The average molecular weight is 522 g/mol. The molecule has 38 heavy (non-hydrogen) atoms. The number of methoxy groups -OCH3 is 1. The molecule has 2 aromatic carbocycles. The van der Waals surface area contributed by atoms with Gasteiger partial charge in [0.05, 0.1) is 24.3 Å². The number of nitrogens with zero attached hydrogens (tertiary/aromatic N) is 2. The standard InChI is InChI=1S/C30H39N3O5/c1-37-25-17-30(18-25)10-12-32(13-11-30)28(35)22-7-9-26-27(16-22)38-15-14-33(29(26)36)20-24(34)8-6-21-4-2-3-5-23(21)19-31/h2-5,7,9,16,24-25,34H,6,8,10-15,17-20,31H2,1H3. The minimum atomic E-state index is -0.663. The zero-order chi connectivity index (χ0) is 26.7. The van der Waals surface area contributed by atoms with Crippen molar-refractivity contribution in [1.29, 1.82) is 0 Å². The Balaban J connectivity index is 1.18. The average Bonchev–Trinajstić information content (AvgIpc) is 3.08. The number of carbonyl (C=O) groups is 2. The van der Waals surface area contributed by atoms with Crippen LogP contribution in [0, 0.1) is 5.41 Å². The van der Waals surface area contributed by atoms with E-state index in [0.29, 0.717) is 60.9 Å². The van der Waals surface area contributed by atoms with Crippen LogP contribution < -0.4 is 10.5 Å². The number of amides is 2. The molecule has 0 aromatic heterocycles. The highest BCUT2D eigenvalue weighted by molar-refractivity contribution is 6.00. The molecule has 2 aliphatic heterocycles. The van der Waals surface area contributed by atoms with Crippen molar-refractivity contribution in [1.82, 2.24) is 9.80 Å². The Hall–Kier alpha value is -2.94. The van der Waals surface area contributed by atoms with E-state index in [4.69, 9.17) is 15.2 Å². The molecule has 2 heterocycles. The second kappa shape index (κ2) is 11.4. The highest BCUT2D eigenvalue weighted by atomic mass is 16.5. The molecule has 8 nitrogen and oxygen atoms in total. The zero-order valence-electron chi connectivity index (χ0n) is 22.2. The molecule has 8 heteroatoms. The first-order valence-electron chi connectivity index (χ1n) is 13.7. The summed E-state index contributed by atoms with van der Waals surface area (Å²) < 4.78 is 11.4. The van der Waals surface area contributed by atoms with E-state index in [1.807, 2.05) is 29.2 Å². The molecule has 3 aliphatic rings. The third-order valence-corrected chi connectivity index (χ3v) is 8.65. The molecule has 1 saturated heterocycles. The molecule has 1 spiro atoms. The van der Waals surface area contributed by atoms with E-state index in [9.17, 15) is 14.7 Å². The lowest BCUT2D eigenvalue weighted by molar-refractivity contribution is -0.0841. The number of likely N-dealkylation sites (tertiary alicyclic amines) is 1. The van der Waals surface area contributed by atoms with Gasteiger partial charge in [0.1, 0.15) is 12.4 Å². The third kappa shape index (κ3) is 5.58. The van der Waals surface area contributed by atoms with Gasteiger partial charge in [-0.3, -0.25) is 9.59 Å². The van der Waals surface area contributed by atoms with Crippen LogP contribution in [0.4, 0.5) is 0 Å². The number of aliphatic hydroxyl groups excluding tert-OH is 1. The SMILES string of the molecule is COC1CC2(CCN(C(=O)c3ccc4c(c3)OCCN(CC(O)CCc3ccccc3CN)C4=O)CC2)C1. The van der Waals surface area contributed by atoms with Crippen molar-refractivity contribution in [2.45, 2.75) is 57.3 Å². The van der Waals surface area contributed by atoms with Crippen molar-refractivity contribution in [2.75, 3.05) is 39.9 Å². The van der Waals surface area contributed by atoms with E-state index in [1.54, 1.807) is 30.2 Å². The summed E-state index contributed by atoms with van der Waals surface area (Å²) in [6.07, 6.45) is 5.13. The van der Waals surface area contributed by atoms with Gasteiger partial charge in [0.2, 0.25) is 0 Å². The summed E-state index contributed by atoms with van der Waals surface area (Å²) in [4.78, 5) is 30.1. The van der Waals surface area contributed by atoms with Crippen LogP contribution in [0.5, 0.6) is 5.75 Å². The number of ether oxygens (including phenoxy) is 2. The van der Waals surface area contributed by atoms with Crippen LogP contribution in [-0.4, -0.2) is 78.8 Å². The van der Waals surface area contributed by atoms with Crippen LogP contribution in [0.2, 0.25) is 0 Å². The van der Waals surface area contributed by atoms with Gasteiger partial charge < -0.3 is 30.1 Å². The van der Waals surface area contributed by atoms with Gasteiger partial charge in [-0.15, -0.1) is 0 Å². The van der Waals surface area contributed by atoms with Crippen molar-refractivity contribution >= 4 is 11.8 Å². The highest BCUT2D eigenvalue weighted by Gasteiger charge is 2.46. The monoisotopic (exact) mass is 521 g/mol. The number of carbonyl (C=O) groups excluding carboxylic acids is 2. The number of nitrogens with two attached hydrogens (primary N) is 1. The molecule has 0 radical (unpaired) electrons. The van der Waals surface area contributed by atoms with Crippen LogP contribution in [0.25, 0.3) is 0 Å². The fourth-order valence-electron chi connectivity index (χ4n) is 6.18. The van der Waals surface area contributed by atoms with Crippen molar-refractivity contribution in [3.8, 4) is 5.75 Å². The van der Waals surface area contributed by atoms with Crippen LogP contribution in [0.1, 0.15) is 63.9 Å². The molecule has 2 fully saturated rings. The first-order chi connectivity index (χ1) is 18.4. The maximum absolute atomic E-state index is 13.3. The Morgan fingerprint density at radius 3 is 2.61 bits per heavy atom. The number of aryl methyl sites for hydroxylation is 1. The summed E-state index contributed by atoms with van der Waals surface area (Å²) in [6.45, 7) is 2.87. The fraction of sp³-hybridized carbons (Fsp3) is 0.533. The summed E-state index contributed by atoms with van der Waals surface area (Å²) in [5, 5.41) is 10.7. The van der Waals surface area contributed by atoms with Gasteiger partial charge >= 0.3 is 0 Å². The number of piperidine rings is 1. The van der Waals surface area contributed by atoms with E-state index in [-0.39, 0.29) is 18.4 Å². The lowest BCUT2D eigenvalue weighted by Gasteiger charge is -2.51. The Labute approximate surface area is 224 Å². The van der Waals surface area contributed by atoms with Gasteiger partial charge in [0, 0.05) is 38.9 Å². The van der Waals surface area contributed by atoms with Crippen LogP contribution >= 0.6 is 0 Å². The molecule has 204 valence electrons. The Morgan fingerprint density at radius 1 is 1.16 bits per heavy atom. The summed E-state index contributed by atoms with van der Waals surface area (Å²) in [7, 11) is 1.77. The molecule has 1 aliphatic carbocycles. The molecule has 3 N–H and O–H groups in total. The normalized spacial score (nSPS) is 19.9. The summed E-state index contributed by atoms with van der Waals surface area (Å²) in [5.41, 5.74) is 9.34. The smallest absolute Gasteiger partial charge is 0.257 e. The predicted molar refractivity (Wildman–Crippen MR) is 144 cm³/mol. The van der Waals surface area contributed by atoms with Crippen molar-refractivity contribution in [3.05, 3.63) is 64.7 Å². The number of fused-ring (bicyclic) bond motifs is 1. The molecule has 5 rings (SSSR count). The van der Waals surface area contributed by atoms with E-state index in [2.05, 4.69) is 0 Å². The largest absolute Gasteiger partial charge is 0.491 e. The first kappa shape index (κ1) is 26.7. The van der Waals surface area contributed by atoms with E-state index in [1.165, 1.54) is 0 Å². The van der Waals surface area contributed by atoms with E-state index in [0.717, 1.165) is 49.9 Å². The topological polar surface area (TPSA) is 105 Å². The molecule has 1 saturated carbocycles. The zero-order valence-corrected chi connectivity index (χ0v) is 22.2. The number of hydrogen-bond acceptors (Lipinski definition) is 6. The summed E-state index contributed by atoms with van der Waals surface area (Å²) in [5.74, 6) is 0.233. The summed E-state index contributed by atoms with van der Waals surface area (Å²) in [6, 6.07) is 13.1. The second-order valence-electron chi connectivity index (χ2n) is 11.0. The van der Waals surface area contributed by atoms with Crippen LogP contribution in [0.15, 0.2) is 42.5 Å². The maximum atomic E-state index is 13.3. The Morgan fingerprint density at radius 2 is 1.89 bits per heavy atom. The number of rotatable bonds is 8. The van der Waals surface area contributed by atoms with Gasteiger partial charge in [-0.1, -0.05) is 24.3 Å². The minimum Gasteiger partial charge on any atom is -0.491 e. The molecule has 2 aromatic rings. The molecule has 0 bridgehead atoms. The van der Waals surface area contributed by atoms with Crippen molar-refractivity contribution in [3.63, 3.8) is 0 Å². The molecular formula is C30H39N3O5. The van der Waals surface area contributed by atoms with Crippen molar-refractivity contribution < 1.29 is 24.2 Å². The Kier molecular flexibility index (Phi) is 8.02. The molecule has 2 amide bonds. The first-order valence-corrected chi connectivity index (χ1v) is 13.7. The van der Waals surface area contributed by atoms with Gasteiger partial charge in [0.25, 0.3) is 11.8 Å². The van der Waals surface area contributed by atoms with Crippen LogP contribution in [-0.2, 0) is 17.7 Å². The minimum absolute atomic E-state index is 0.0180. The van der Waals surface area contributed by atoms with Crippen LogP contribution in [0.3, 0.4) is 0 Å². The lowest BCUT2D eigenvalue weighted by Crippen LogP contribution is -2.50. The van der Waals surface area contributed by atoms with Gasteiger partial charge in [-0.25, -0.2) is 0 Å². The maximum Gasteiger partial charge on any atom is 0.257 e. The number of benzene rings is 2. The highest BCUT2D eigenvalue weighted by Crippen LogP contribution is 2.50. The number of β-amino-alcohol motifs (C(OH)–C–C–N with tert-alkyl or cyclic N) is 1. The predicted octanol–water partition coefficient (Wildman–Crippen LogP) is 3.00. The molecule has 1 unspecified atom stereocenters. The third-order valence-electron chi connectivity index (χ3n) is 8.65. The quantitative estimate of drug-likeness (QED) is 0.553. The van der Waals surface area contributed by atoms with Gasteiger partial charge in [0.15, 0.2) is 0 Å². The van der Waals surface area contributed by atoms with E-state index < -0.39 is 6.10 Å². The number of hydrogen-bond donors (Lipinski definition) is 2. The van der Waals surface area contributed by atoms with E-state index >= 15 is 0 Å². The number of aliphatic hydroxyl groups is 1. The van der Waals surface area contributed by atoms with Crippen molar-refractivity contribution in [2.24, 2.45) is 11.1 Å². The second-order valence-corrected chi connectivity index (χ2v) is 11.0. The fourth-order valence-corrected chi connectivity index (χ4v) is 6.18. The van der Waals surface area contributed by atoms with Gasteiger partial charge in [-0.05, 0) is 73.3 Å². The molecule has 1 atom stereocenters. The lowest BCUT2D eigenvalue weighted by atomic mass is 9.61.